The minimum atomic E-state index is -0.997. The van der Waals surface area contributed by atoms with Crippen LogP contribution in [0.4, 0.5) is 11.4 Å². The number of rotatable bonds is 6. The highest BCUT2D eigenvalue weighted by atomic mass is 16.4. The third-order valence-corrected chi connectivity index (χ3v) is 3.86. The Morgan fingerprint density at radius 2 is 2.00 bits per heavy atom. The fourth-order valence-electron chi connectivity index (χ4n) is 2.26. The average molecular weight is 292 g/mol. The molecular weight excluding hydrogens is 268 g/mol. The molecule has 1 amide bonds. The maximum atomic E-state index is 12.6. The number of benzene rings is 1. The lowest BCUT2D eigenvalue weighted by molar-refractivity contribution is -0.122. The van der Waals surface area contributed by atoms with Crippen LogP contribution >= 0.6 is 0 Å². The van der Waals surface area contributed by atoms with E-state index in [0.29, 0.717) is 18.5 Å². The fourth-order valence-corrected chi connectivity index (χ4v) is 2.26. The van der Waals surface area contributed by atoms with Gasteiger partial charge in [-0.2, -0.15) is 0 Å². The molecule has 0 saturated carbocycles. The Kier molecular flexibility index (Phi) is 5.58. The van der Waals surface area contributed by atoms with Crippen LogP contribution in [0.2, 0.25) is 0 Å². The van der Waals surface area contributed by atoms with E-state index in [9.17, 15) is 4.79 Å². The van der Waals surface area contributed by atoms with Crippen LogP contribution in [0.3, 0.4) is 0 Å². The molecule has 0 heterocycles. The summed E-state index contributed by atoms with van der Waals surface area (Å²) in [4.78, 5) is 14.5. The summed E-state index contributed by atoms with van der Waals surface area (Å²) in [5.41, 5.74) is 6.40. The molecule has 0 aliphatic carbocycles. The van der Waals surface area contributed by atoms with Gasteiger partial charge in [-0.15, -0.1) is 0 Å². The minimum absolute atomic E-state index is 0.0613. The smallest absolute Gasteiger partial charge is 0.238 e. The molecule has 1 rings (SSSR count). The quantitative estimate of drug-likeness (QED) is 0.324. The molecule has 0 fully saturated rings. The van der Waals surface area contributed by atoms with Crippen LogP contribution in [0.5, 0.6) is 0 Å². The van der Waals surface area contributed by atoms with Crippen LogP contribution in [0.15, 0.2) is 29.4 Å². The van der Waals surface area contributed by atoms with Crippen molar-refractivity contribution in [1.29, 1.82) is 0 Å². The van der Waals surface area contributed by atoms with Gasteiger partial charge in [0, 0.05) is 25.5 Å². The highest BCUT2D eigenvalue weighted by Gasteiger charge is 2.39. The SMILES string of the molecule is CCC(CC)(C(=O)Nc1cccc(N(C)C)c1)/C(N)=N/O. The van der Waals surface area contributed by atoms with Gasteiger partial charge < -0.3 is 21.2 Å². The number of carbonyl (C=O) groups is 1. The fraction of sp³-hybridized carbons (Fsp3) is 0.467. The van der Waals surface area contributed by atoms with E-state index in [0.717, 1.165) is 5.69 Å². The number of amidine groups is 1. The molecule has 0 aromatic heterocycles. The van der Waals surface area contributed by atoms with Crippen molar-refractivity contribution >= 4 is 23.1 Å². The van der Waals surface area contributed by atoms with Gasteiger partial charge in [0.2, 0.25) is 5.91 Å². The molecule has 0 aliphatic rings. The van der Waals surface area contributed by atoms with Crippen LogP contribution in [0, 0.1) is 5.41 Å². The maximum absolute atomic E-state index is 12.6. The molecule has 0 unspecified atom stereocenters. The molecule has 1 aromatic rings. The molecule has 1 aromatic carbocycles. The molecule has 6 nitrogen and oxygen atoms in total. The Balaban J connectivity index is 3.05. The number of hydrogen-bond acceptors (Lipinski definition) is 4. The standard InChI is InChI=1S/C15H24N4O2/c1-5-15(6-2,13(16)18-21)14(20)17-11-8-7-9-12(10-11)19(3)4/h7-10,21H,5-6H2,1-4H3,(H2,16,18)(H,17,20). The summed E-state index contributed by atoms with van der Waals surface area (Å²) >= 11 is 0. The van der Waals surface area contributed by atoms with Crippen LogP contribution in [-0.2, 0) is 4.79 Å². The Labute approximate surface area is 125 Å². The molecule has 116 valence electrons. The highest BCUT2D eigenvalue weighted by Crippen LogP contribution is 2.29. The molecule has 6 heteroatoms. The topological polar surface area (TPSA) is 91.0 Å². The van der Waals surface area contributed by atoms with Gasteiger partial charge in [0.15, 0.2) is 5.84 Å². The van der Waals surface area contributed by atoms with Crippen LogP contribution in [0.25, 0.3) is 0 Å². The summed E-state index contributed by atoms with van der Waals surface area (Å²) in [6.45, 7) is 3.69. The van der Waals surface area contributed by atoms with E-state index in [1.54, 1.807) is 0 Å². The Bertz CT molecular complexity index is 522. The predicted octanol–water partition coefficient (Wildman–Crippen LogP) is 2.24. The molecule has 0 atom stereocenters. The third kappa shape index (κ3) is 3.45. The van der Waals surface area contributed by atoms with Crippen molar-refractivity contribution in [2.24, 2.45) is 16.3 Å². The number of nitrogens with zero attached hydrogens (tertiary/aromatic N) is 2. The van der Waals surface area contributed by atoms with Crippen LogP contribution < -0.4 is 16.0 Å². The van der Waals surface area contributed by atoms with Crippen molar-refractivity contribution in [2.45, 2.75) is 26.7 Å². The molecule has 4 N–H and O–H groups in total. The molecule has 0 spiro atoms. The molecular formula is C15H24N4O2. The number of nitrogens with two attached hydrogens (primary N) is 1. The van der Waals surface area contributed by atoms with Gasteiger partial charge in [0.05, 0.1) is 0 Å². The highest BCUT2D eigenvalue weighted by molar-refractivity contribution is 6.11. The van der Waals surface area contributed by atoms with E-state index >= 15 is 0 Å². The number of hydrogen-bond donors (Lipinski definition) is 3. The second kappa shape index (κ2) is 6.97. The second-order valence-corrected chi connectivity index (χ2v) is 5.17. The molecule has 21 heavy (non-hydrogen) atoms. The Hall–Kier alpha value is -2.24. The van der Waals surface area contributed by atoms with Gasteiger partial charge in [0.1, 0.15) is 5.41 Å². The normalized spacial score (nSPS) is 12.1. The van der Waals surface area contributed by atoms with Gasteiger partial charge in [-0.1, -0.05) is 25.1 Å². The summed E-state index contributed by atoms with van der Waals surface area (Å²) in [5, 5.41) is 14.8. The van der Waals surface area contributed by atoms with E-state index in [-0.39, 0.29) is 11.7 Å². The van der Waals surface area contributed by atoms with E-state index in [1.807, 2.05) is 57.1 Å². The van der Waals surface area contributed by atoms with Crippen molar-refractivity contribution < 1.29 is 10.0 Å². The zero-order valence-electron chi connectivity index (χ0n) is 13.1. The van der Waals surface area contributed by atoms with Crippen LogP contribution in [-0.4, -0.2) is 31.0 Å². The Morgan fingerprint density at radius 1 is 1.38 bits per heavy atom. The first-order chi connectivity index (χ1) is 9.91. The lowest BCUT2D eigenvalue weighted by Gasteiger charge is -2.28. The number of nitrogens with one attached hydrogen (secondary N) is 1. The molecule has 0 radical (unpaired) electrons. The summed E-state index contributed by atoms with van der Waals surface area (Å²) < 4.78 is 0. The predicted molar refractivity (Wildman–Crippen MR) is 85.8 cm³/mol. The largest absolute Gasteiger partial charge is 0.409 e. The first-order valence-corrected chi connectivity index (χ1v) is 6.98. The van der Waals surface area contributed by atoms with Gasteiger partial charge >= 0.3 is 0 Å². The summed E-state index contributed by atoms with van der Waals surface area (Å²) in [5.74, 6) is -0.326. The summed E-state index contributed by atoms with van der Waals surface area (Å²) in [6.07, 6.45) is 0.914. The van der Waals surface area contributed by atoms with Gasteiger partial charge in [-0.3, -0.25) is 4.79 Å². The second-order valence-electron chi connectivity index (χ2n) is 5.17. The number of amides is 1. The first-order valence-electron chi connectivity index (χ1n) is 6.98. The van der Waals surface area contributed by atoms with E-state index in [4.69, 9.17) is 10.9 Å². The van der Waals surface area contributed by atoms with Crippen molar-refractivity contribution in [3.05, 3.63) is 24.3 Å². The average Bonchev–Trinajstić information content (AvgIpc) is 2.48. The van der Waals surface area contributed by atoms with Gasteiger partial charge in [0.25, 0.3) is 0 Å². The molecule has 0 bridgehead atoms. The zero-order valence-corrected chi connectivity index (χ0v) is 13.1. The molecule has 0 aliphatic heterocycles. The lowest BCUT2D eigenvalue weighted by Crippen LogP contribution is -2.46. The number of carbonyl (C=O) groups excluding carboxylic acids is 1. The van der Waals surface area contributed by atoms with E-state index < -0.39 is 5.41 Å². The monoisotopic (exact) mass is 292 g/mol. The van der Waals surface area contributed by atoms with Crippen molar-refractivity contribution in [3.8, 4) is 0 Å². The zero-order chi connectivity index (χ0) is 16.0. The molecule has 0 saturated heterocycles. The summed E-state index contributed by atoms with van der Waals surface area (Å²) in [7, 11) is 3.86. The lowest BCUT2D eigenvalue weighted by atomic mass is 9.80. The number of anilines is 2. The summed E-state index contributed by atoms with van der Waals surface area (Å²) in [6, 6.07) is 7.51. The van der Waals surface area contributed by atoms with Gasteiger partial charge in [-0.25, -0.2) is 0 Å². The van der Waals surface area contributed by atoms with E-state index in [2.05, 4.69) is 10.5 Å². The van der Waals surface area contributed by atoms with E-state index in [1.165, 1.54) is 0 Å². The van der Waals surface area contributed by atoms with Crippen LogP contribution in [0.1, 0.15) is 26.7 Å². The third-order valence-electron chi connectivity index (χ3n) is 3.86. The van der Waals surface area contributed by atoms with Crippen molar-refractivity contribution in [1.82, 2.24) is 0 Å². The number of oxime groups is 1. The van der Waals surface area contributed by atoms with Gasteiger partial charge in [-0.05, 0) is 31.0 Å². The van der Waals surface area contributed by atoms with Crippen molar-refractivity contribution in [2.75, 3.05) is 24.3 Å². The van der Waals surface area contributed by atoms with Crippen molar-refractivity contribution in [3.63, 3.8) is 0 Å². The maximum Gasteiger partial charge on any atom is 0.238 e. The minimum Gasteiger partial charge on any atom is -0.409 e. The first kappa shape index (κ1) is 16.8. The Morgan fingerprint density at radius 3 is 2.48 bits per heavy atom.